The molecular weight excluding hydrogens is 366 g/mol. The molecule has 0 aliphatic heterocycles. The van der Waals surface area contributed by atoms with E-state index in [1.807, 2.05) is 44.2 Å². The van der Waals surface area contributed by atoms with Gasteiger partial charge in [0.1, 0.15) is 11.9 Å². The second-order valence-electron chi connectivity index (χ2n) is 7.04. The number of nitrogens with two attached hydrogens (primary N) is 2. The van der Waals surface area contributed by atoms with Crippen LogP contribution in [0.4, 0.5) is 11.4 Å². The van der Waals surface area contributed by atoms with Crippen LogP contribution in [0.15, 0.2) is 47.2 Å². The molecule has 148 valence electrons. The third-order valence-corrected chi connectivity index (χ3v) is 5.18. The van der Waals surface area contributed by atoms with E-state index >= 15 is 0 Å². The van der Waals surface area contributed by atoms with Crippen LogP contribution < -0.4 is 11.5 Å². The fourth-order valence-electron chi connectivity index (χ4n) is 3.66. The molecule has 0 fully saturated rings. The van der Waals surface area contributed by atoms with Crippen LogP contribution in [0.25, 0.3) is 22.0 Å². The molecule has 1 atom stereocenters. The van der Waals surface area contributed by atoms with Crippen LogP contribution in [0.3, 0.4) is 0 Å². The molecule has 0 saturated heterocycles. The SMILES string of the molecule is COC(Cc1cc2c(N)c(N)cnc2cc1-c1c(C)noc1C)c1ccccn1. The van der Waals surface area contributed by atoms with E-state index in [4.69, 9.17) is 20.7 Å². The minimum absolute atomic E-state index is 0.219. The molecule has 1 aromatic carbocycles. The van der Waals surface area contributed by atoms with Crippen LogP contribution in [0.1, 0.15) is 28.8 Å². The van der Waals surface area contributed by atoms with Gasteiger partial charge in [0.05, 0.1) is 34.5 Å². The van der Waals surface area contributed by atoms with Crippen LogP contribution in [-0.2, 0) is 11.2 Å². The van der Waals surface area contributed by atoms with Gasteiger partial charge in [-0.15, -0.1) is 0 Å². The summed E-state index contributed by atoms with van der Waals surface area (Å²) in [6.07, 6.45) is 3.72. The van der Waals surface area contributed by atoms with Gasteiger partial charge >= 0.3 is 0 Å². The summed E-state index contributed by atoms with van der Waals surface area (Å²) in [6, 6.07) is 9.84. The highest BCUT2D eigenvalue weighted by Gasteiger charge is 2.21. The Labute approximate surface area is 168 Å². The van der Waals surface area contributed by atoms with Crippen LogP contribution >= 0.6 is 0 Å². The number of ether oxygens (including phenoxy) is 1. The topological polar surface area (TPSA) is 113 Å². The molecule has 0 spiro atoms. The smallest absolute Gasteiger partial charge is 0.141 e. The molecule has 0 bridgehead atoms. The maximum Gasteiger partial charge on any atom is 0.141 e. The molecule has 1 unspecified atom stereocenters. The fourth-order valence-corrected chi connectivity index (χ4v) is 3.66. The molecule has 3 aromatic heterocycles. The van der Waals surface area contributed by atoms with Crippen molar-refractivity contribution in [3.05, 3.63) is 65.4 Å². The third kappa shape index (κ3) is 3.40. The van der Waals surface area contributed by atoms with Gasteiger partial charge in [-0.3, -0.25) is 9.97 Å². The van der Waals surface area contributed by atoms with Crippen molar-refractivity contribution >= 4 is 22.3 Å². The van der Waals surface area contributed by atoms with E-state index in [0.717, 1.165) is 44.7 Å². The highest BCUT2D eigenvalue weighted by Crippen LogP contribution is 2.37. The van der Waals surface area contributed by atoms with E-state index in [1.165, 1.54) is 0 Å². The number of hydrogen-bond donors (Lipinski definition) is 2. The van der Waals surface area contributed by atoms with Gasteiger partial charge in [-0.1, -0.05) is 11.2 Å². The van der Waals surface area contributed by atoms with Gasteiger partial charge in [0.15, 0.2) is 0 Å². The standard InChI is InChI=1S/C22H23N5O2/c1-12-21(13(2)29-27-12)15-10-19-16(22(24)17(23)11-26-19)8-14(15)9-20(28-3)18-6-4-5-7-25-18/h4-8,10-11,20H,9,23H2,1-3H3,(H2,24,26). The molecule has 0 radical (unpaired) electrons. The monoisotopic (exact) mass is 389 g/mol. The summed E-state index contributed by atoms with van der Waals surface area (Å²) < 4.78 is 11.2. The molecule has 7 heteroatoms. The molecule has 0 aliphatic rings. The molecule has 0 aliphatic carbocycles. The molecule has 3 heterocycles. The van der Waals surface area contributed by atoms with E-state index in [0.29, 0.717) is 17.8 Å². The van der Waals surface area contributed by atoms with E-state index in [9.17, 15) is 0 Å². The van der Waals surface area contributed by atoms with E-state index in [1.54, 1.807) is 19.5 Å². The Balaban J connectivity index is 1.92. The first-order valence-corrected chi connectivity index (χ1v) is 9.33. The number of pyridine rings is 2. The van der Waals surface area contributed by atoms with Crippen molar-refractivity contribution in [3.8, 4) is 11.1 Å². The lowest BCUT2D eigenvalue weighted by molar-refractivity contribution is 0.100. The number of benzene rings is 1. The molecule has 4 rings (SSSR count). The van der Waals surface area contributed by atoms with Crippen LogP contribution in [0.5, 0.6) is 0 Å². The quantitative estimate of drug-likeness (QED) is 0.530. The molecule has 4 aromatic rings. The summed E-state index contributed by atoms with van der Waals surface area (Å²) >= 11 is 0. The zero-order valence-corrected chi connectivity index (χ0v) is 16.6. The van der Waals surface area contributed by atoms with Gasteiger partial charge in [-0.05, 0) is 49.2 Å². The van der Waals surface area contributed by atoms with Crippen molar-refractivity contribution < 1.29 is 9.26 Å². The Bertz CT molecular complexity index is 1150. The number of nitrogens with zero attached hydrogens (tertiary/aromatic N) is 3. The minimum Gasteiger partial charge on any atom is -0.396 e. The van der Waals surface area contributed by atoms with Crippen molar-refractivity contribution in [1.29, 1.82) is 0 Å². The highest BCUT2D eigenvalue weighted by molar-refractivity contribution is 5.98. The summed E-state index contributed by atoms with van der Waals surface area (Å²) in [7, 11) is 1.68. The van der Waals surface area contributed by atoms with Gasteiger partial charge in [-0.25, -0.2) is 0 Å². The average Bonchev–Trinajstić information content (AvgIpc) is 3.07. The molecule has 7 nitrogen and oxygen atoms in total. The van der Waals surface area contributed by atoms with Gasteiger partial charge in [0, 0.05) is 30.7 Å². The maximum atomic E-state index is 6.25. The zero-order valence-electron chi connectivity index (χ0n) is 16.6. The van der Waals surface area contributed by atoms with Gasteiger partial charge in [0.2, 0.25) is 0 Å². The number of nitrogen functional groups attached to an aromatic ring is 2. The predicted molar refractivity (Wildman–Crippen MR) is 113 cm³/mol. The Morgan fingerprint density at radius 3 is 2.62 bits per heavy atom. The van der Waals surface area contributed by atoms with Gasteiger partial charge < -0.3 is 20.7 Å². The average molecular weight is 389 g/mol. The Kier molecular flexibility index (Phi) is 4.90. The summed E-state index contributed by atoms with van der Waals surface area (Å²) in [4.78, 5) is 8.93. The Morgan fingerprint density at radius 1 is 1.14 bits per heavy atom. The third-order valence-electron chi connectivity index (χ3n) is 5.18. The molecule has 0 amide bonds. The predicted octanol–water partition coefficient (Wildman–Crippen LogP) is 4.00. The number of aryl methyl sites for hydroxylation is 2. The van der Waals surface area contributed by atoms with Crippen LogP contribution in [0.2, 0.25) is 0 Å². The molecule has 29 heavy (non-hydrogen) atoms. The van der Waals surface area contributed by atoms with Crippen molar-refractivity contribution in [3.63, 3.8) is 0 Å². The first-order chi connectivity index (χ1) is 14.0. The number of fused-ring (bicyclic) bond motifs is 1. The summed E-state index contributed by atoms with van der Waals surface area (Å²) in [5, 5.41) is 4.93. The zero-order chi connectivity index (χ0) is 20.5. The lowest BCUT2D eigenvalue weighted by Gasteiger charge is -2.18. The lowest BCUT2D eigenvalue weighted by Crippen LogP contribution is -2.09. The molecule has 0 saturated carbocycles. The fraction of sp³-hybridized carbons (Fsp3) is 0.227. The summed E-state index contributed by atoms with van der Waals surface area (Å²) in [6.45, 7) is 3.83. The summed E-state index contributed by atoms with van der Waals surface area (Å²) in [5.41, 5.74) is 18.6. The lowest BCUT2D eigenvalue weighted by atomic mass is 9.91. The Hall–Kier alpha value is -3.45. The number of methoxy groups -OCH3 is 1. The highest BCUT2D eigenvalue weighted by atomic mass is 16.5. The van der Waals surface area contributed by atoms with Gasteiger partial charge in [-0.2, -0.15) is 0 Å². The largest absolute Gasteiger partial charge is 0.396 e. The van der Waals surface area contributed by atoms with Crippen LogP contribution in [0, 0.1) is 13.8 Å². The van der Waals surface area contributed by atoms with E-state index in [2.05, 4.69) is 15.1 Å². The van der Waals surface area contributed by atoms with Crippen molar-refractivity contribution in [1.82, 2.24) is 15.1 Å². The van der Waals surface area contributed by atoms with Crippen LogP contribution in [-0.4, -0.2) is 22.2 Å². The van der Waals surface area contributed by atoms with Crippen molar-refractivity contribution in [2.24, 2.45) is 0 Å². The first kappa shape index (κ1) is 18.9. The maximum absolute atomic E-state index is 6.25. The number of rotatable bonds is 5. The number of anilines is 2. The molecule has 4 N–H and O–H groups in total. The number of hydrogen-bond acceptors (Lipinski definition) is 7. The van der Waals surface area contributed by atoms with E-state index in [-0.39, 0.29) is 6.10 Å². The van der Waals surface area contributed by atoms with Crippen molar-refractivity contribution in [2.75, 3.05) is 18.6 Å². The van der Waals surface area contributed by atoms with Gasteiger partial charge in [0.25, 0.3) is 0 Å². The molecular formula is C22H23N5O2. The first-order valence-electron chi connectivity index (χ1n) is 9.33. The van der Waals surface area contributed by atoms with Crippen molar-refractivity contribution in [2.45, 2.75) is 26.4 Å². The Morgan fingerprint density at radius 2 is 1.97 bits per heavy atom. The second kappa shape index (κ2) is 7.52. The normalized spacial score (nSPS) is 12.4. The summed E-state index contributed by atoms with van der Waals surface area (Å²) in [5.74, 6) is 0.748. The number of aromatic nitrogens is 3. The second-order valence-corrected chi connectivity index (χ2v) is 7.04. The minimum atomic E-state index is -0.219. The van der Waals surface area contributed by atoms with E-state index < -0.39 is 0 Å².